The Morgan fingerprint density at radius 1 is 1.38 bits per heavy atom. The van der Waals surface area contributed by atoms with E-state index in [1.165, 1.54) is 38.5 Å². The van der Waals surface area contributed by atoms with Crippen molar-refractivity contribution in [1.82, 2.24) is 5.43 Å². The molecule has 0 saturated heterocycles. The second-order valence-corrected chi connectivity index (χ2v) is 4.13. The van der Waals surface area contributed by atoms with Crippen LogP contribution in [0.4, 0.5) is 0 Å². The number of rotatable bonds is 5. The molecule has 2 heteroatoms. The molecule has 1 unspecified atom stereocenters. The van der Waals surface area contributed by atoms with Crippen molar-refractivity contribution in [2.24, 2.45) is 11.8 Å². The third-order valence-electron chi connectivity index (χ3n) is 3.03. The Morgan fingerprint density at radius 3 is 2.62 bits per heavy atom. The van der Waals surface area contributed by atoms with E-state index in [9.17, 15) is 0 Å². The summed E-state index contributed by atoms with van der Waals surface area (Å²) in [6.07, 6.45) is 11.2. The van der Waals surface area contributed by atoms with Crippen molar-refractivity contribution in [2.45, 2.75) is 51.0 Å². The zero-order valence-electron chi connectivity index (χ0n) is 8.47. The maximum absolute atomic E-state index is 5.48. The minimum absolute atomic E-state index is 0.445. The summed E-state index contributed by atoms with van der Waals surface area (Å²) >= 11 is 0. The van der Waals surface area contributed by atoms with Gasteiger partial charge in [-0.25, -0.2) is 0 Å². The lowest BCUT2D eigenvalue weighted by atomic mass is 9.84. The SMILES string of the molecule is C=CCC(CC1CCCCC1)NN. The molecule has 1 saturated carbocycles. The second kappa shape index (κ2) is 6.17. The summed E-state index contributed by atoms with van der Waals surface area (Å²) in [4.78, 5) is 0. The molecule has 1 atom stereocenters. The number of nitrogens with two attached hydrogens (primary N) is 1. The van der Waals surface area contributed by atoms with Crippen molar-refractivity contribution in [3.8, 4) is 0 Å². The number of hydrogen-bond acceptors (Lipinski definition) is 2. The Kier molecular flexibility index (Phi) is 5.09. The Hall–Kier alpha value is -0.340. The van der Waals surface area contributed by atoms with Gasteiger partial charge in [-0.2, -0.15) is 0 Å². The molecule has 1 rings (SSSR count). The van der Waals surface area contributed by atoms with Gasteiger partial charge in [0.25, 0.3) is 0 Å². The van der Waals surface area contributed by atoms with Crippen molar-refractivity contribution in [2.75, 3.05) is 0 Å². The third-order valence-corrected chi connectivity index (χ3v) is 3.03. The van der Waals surface area contributed by atoms with Gasteiger partial charge < -0.3 is 0 Å². The van der Waals surface area contributed by atoms with Crippen LogP contribution in [0.25, 0.3) is 0 Å². The van der Waals surface area contributed by atoms with Gasteiger partial charge in [0.05, 0.1) is 0 Å². The highest BCUT2D eigenvalue weighted by Gasteiger charge is 2.17. The quantitative estimate of drug-likeness (QED) is 0.389. The normalized spacial score (nSPS) is 21.3. The zero-order valence-corrected chi connectivity index (χ0v) is 8.47. The predicted octanol–water partition coefficient (Wildman–Crippen LogP) is 2.36. The third kappa shape index (κ3) is 3.92. The molecule has 0 spiro atoms. The topological polar surface area (TPSA) is 38.0 Å². The van der Waals surface area contributed by atoms with Crippen molar-refractivity contribution in [3.05, 3.63) is 12.7 Å². The van der Waals surface area contributed by atoms with E-state index in [-0.39, 0.29) is 0 Å². The van der Waals surface area contributed by atoms with Gasteiger partial charge in [0, 0.05) is 6.04 Å². The largest absolute Gasteiger partial charge is 0.271 e. The summed E-state index contributed by atoms with van der Waals surface area (Å²) in [7, 11) is 0. The summed E-state index contributed by atoms with van der Waals surface area (Å²) < 4.78 is 0. The van der Waals surface area contributed by atoms with Crippen LogP contribution in [0.3, 0.4) is 0 Å². The van der Waals surface area contributed by atoms with E-state index < -0.39 is 0 Å². The molecule has 0 bridgehead atoms. The molecule has 1 fully saturated rings. The molecule has 3 N–H and O–H groups in total. The molecule has 1 aliphatic rings. The van der Waals surface area contributed by atoms with Crippen LogP contribution >= 0.6 is 0 Å². The average Bonchev–Trinajstić information content (AvgIpc) is 2.19. The molecule has 0 aromatic carbocycles. The molecule has 0 heterocycles. The first-order chi connectivity index (χ1) is 6.36. The van der Waals surface area contributed by atoms with E-state index >= 15 is 0 Å². The Balaban J connectivity index is 2.22. The van der Waals surface area contributed by atoms with E-state index in [2.05, 4.69) is 12.0 Å². The Morgan fingerprint density at radius 2 is 2.08 bits per heavy atom. The predicted molar refractivity (Wildman–Crippen MR) is 57.1 cm³/mol. The van der Waals surface area contributed by atoms with Crippen LogP contribution < -0.4 is 11.3 Å². The molecule has 0 aromatic rings. The maximum Gasteiger partial charge on any atom is 0.0247 e. The van der Waals surface area contributed by atoms with Gasteiger partial charge in [-0.15, -0.1) is 6.58 Å². The summed E-state index contributed by atoms with van der Waals surface area (Å²) in [5.74, 6) is 6.38. The number of nitrogens with one attached hydrogen (secondary N) is 1. The van der Waals surface area contributed by atoms with Crippen LogP contribution in [0.1, 0.15) is 44.9 Å². The van der Waals surface area contributed by atoms with Crippen LogP contribution in [0.2, 0.25) is 0 Å². The molecule has 0 radical (unpaired) electrons. The van der Waals surface area contributed by atoms with Crippen LogP contribution in [-0.4, -0.2) is 6.04 Å². The van der Waals surface area contributed by atoms with Crippen LogP contribution in [0.15, 0.2) is 12.7 Å². The van der Waals surface area contributed by atoms with Crippen molar-refractivity contribution in [1.29, 1.82) is 0 Å². The average molecular weight is 182 g/mol. The fraction of sp³-hybridized carbons (Fsp3) is 0.818. The molecule has 1 aliphatic carbocycles. The first kappa shape index (κ1) is 10.7. The maximum atomic E-state index is 5.48. The highest BCUT2D eigenvalue weighted by atomic mass is 15.2. The first-order valence-corrected chi connectivity index (χ1v) is 5.44. The van der Waals surface area contributed by atoms with Crippen LogP contribution in [0.5, 0.6) is 0 Å². The van der Waals surface area contributed by atoms with E-state index in [1.54, 1.807) is 0 Å². The minimum Gasteiger partial charge on any atom is -0.271 e. The van der Waals surface area contributed by atoms with Crippen LogP contribution in [-0.2, 0) is 0 Å². The Bertz CT molecular complexity index is 139. The second-order valence-electron chi connectivity index (χ2n) is 4.13. The fourth-order valence-corrected chi connectivity index (χ4v) is 2.26. The lowest BCUT2D eigenvalue weighted by molar-refractivity contribution is 0.299. The van der Waals surface area contributed by atoms with Gasteiger partial charge in [-0.05, 0) is 18.8 Å². The van der Waals surface area contributed by atoms with E-state index in [4.69, 9.17) is 5.84 Å². The van der Waals surface area contributed by atoms with Crippen molar-refractivity contribution >= 4 is 0 Å². The summed E-state index contributed by atoms with van der Waals surface area (Å²) in [6.45, 7) is 3.75. The molecule has 76 valence electrons. The Labute approximate surface area is 81.6 Å². The first-order valence-electron chi connectivity index (χ1n) is 5.44. The monoisotopic (exact) mass is 182 g/mol. The summed E-state index contributed by atoms with van der Waals surface area (Å²) in [5.41, 5.74) is 2.88. The lowest BCUT2D eigenvalue weighted by Gasteiger charge is -2.25. The van der Waals surface area contributed by atoms with Gasteiger partial charge in [-0.1, -0.05) is 38.2 Å². The van der Waals surface area contributed by atoms with E-state index in [1.807, 2.05) is 6.08 Å². The zero-order chi connectivity index (χ0) is 9.52. The van der Waals surface area contributed by atoms with Crippen LogP contribution in [0, 0.1) is 5.92 Å². The highest BCUT2D eigenvalue weighted by molar-refractivity contribution is 4.79. The number of hydrogen-bond donors (Lipinski definition) is 2. The standard InChI is InChI=1S/C11H22N2/c1-2-6-11(13-12)9-10-7-4-3-5-8-10/h2,10-11,13H,1,3-9,12H2. The molecule has 2 nitrogen and oxygen atoms in total. The molecule has 13 heavy (non-hydrogen) atoms. The number of hydrazine groups is 1. The smallest absolute Gasteiger partial charge is 0.0247 e. The molecular weight excluding hydrogens is 160 g/mol. The van der Waals surface area contributed by atoms with Gasteiger partial charge >= 0.3 is 0 Å². The van der Waals surface area contributed by atoms with Gasteiger partial charge in [0.15, 0.2) is 0 Å². The summed E-state index contributed by atoms with van der Waals surface area (Å²) in [5, 5.41) is 0. The fourth-order valence-electron chi connectivity index (χ4n) is 2.26. The molecule has 0 aliphatic heterocycles. The molecular formula is C11H22N2. The van der Waals surface area contributed by atoms with Gasteiger partial charge in [-0.3, -0.25) is 11.3 Å². The summed E-state index contributed by atoms with van der Waals surface area (Å²) in [6, 6.07) is 0.445. The highest BCUT2D eigenvalue weighted by Crippen LogP contribution is 2.27. The van der Waals surface area contributed by atoms with E-state index in [0.29, 0.717) is 6.04 Å². The van der Waals surface area contributed by atoms with Gasteiger partial charge in [0.2, 0.25) is 0 Å². The van der Waals surface area contributed by atoms with Crippen molar-refractivity contribution < 1.29 is 0 Å². The van der Waals surface area contributed by atoms with Gasteiger partial charge in [0.1, 0.15) is 0 Å². The van der Waals surface area contributed by atoms with Crippen molar-refractivity contribution in [3.63, 3.8) is 0 Å². The minimum atomic E-state index is 0.445. The molecule has 0 aromatic heterocycles. The van der Waals surface area contributed by atoms with E-state index in [0.717, 1.165) is 12.3 Å². The molecule has 0 amide bonds. The lowest BCUT2D eigenvalue weighted by Crippen LogP contribution is -2.36.